The first-order valence-electron chi connectivity index (χ1n) is 5.95. The topological polar surface area (TPSA) is 101 Å². The van der Waals surface area contributed by atoms with Crippen molar-refractivity contribution in [1.29, 1.82) is 0 Å². The Morgan fingerprint density at radius 1 is 1.30 bits per heavy atom. The Kier molecular flexibility index (Phi) is 6.18. The summed E-state index contributed by atoms with van der Waals surface area (Å²) in [6.07, 6.45) is 1.06. The molecule has 6 nitrogen and oxygen atoms in total. The molecule has 0 saturated heterocycles. The highest BCUT2D eigenvalue weighted by Gasteiger charge is 2.09. The van der Waals surface area contributed by atoms with Crippen LogP contribution in [0.3, 0.4) is 0 Å². The molecule has 0 fully saturated rings. The van der Waals surface area contributed by atoms with Gasteiger partial charge in [0, 0.05) is 18.7 Å². The number of amides is 1. The Morgan fingerprint density at radius 3 is 2.65 bits per heavy atom. The van der Waals surface area contributed by atoms with Crippen molar-refractivity contribution in [2.75, 3.05) is 25.9 Å². The molecule has 1 aromatic rings. The van der Waals surface area contributed by atoms with E-state index in [0.717, 1.165) is 6.26 Å². The van der Waals surface area contributed by atoms with Crippen LogP contribution in [0.1, 0.15) is 15.9 Å². The lowest BCUT2D eigenvalue weighted by molar-refractivity contribution is 0.0954. The minimum atomic E-state index is -3.24. The smallest absolute Gasteiger partial charge is 0.252 e. The van der Waals surface area contributed by atoms with Crippen molar-refractivity contribution in [2.24, 2.45) is 5.73 Å². The second-order valence-electron chi connectivity index (χ2n) is 3.97. The maximum Gasteiger partial charge on any atom is 0.252 e. The highest BCUT2D eigenvalue weighted by atomic mass is 32.2. The predicted molar refractivity (Wildman–Crippen MR) is 77.6 cm³/mol. The Labute approximate surface area is 118 Å². The highest BCUT2D eigenvalue weighted by Crippen LogP contribution is 2.06. The first-order chi connectivity index (χ1) is 9.44. The molecule has 0 aromatic heterocycles. The Balaban J connectivity index is 2.64. The van der Waals surface area contributed by atoms with E-state index in [4.69, 9.17) is 5.73 Å². The second-order valence-corrected chi connectivity index (χ2v) is 5.81. The average molecular weight is 295 g/mol. The van der Waals surface area contributed by atoms with E-state index in [2.05, 4.69) is 21.9 Å². The fourth-order valence-corrected chi connectivity index (χ4v) is 1.92. The van der Waals surface area contributed by atoms with Gasteiger partial charge < -0.3 is 11.1 Å². The van der Waals surface area contributed by atoms with Gasteiger partial charge in [0.05, 0.1) is 18.4 Å². The van der Waals surface area contributed by atoms with Gasteiger partial charge in [-0.2, -0.15) is 0 Å². The van der Waals surface area contributed by atoms with E-state index in [1.807, 2.05) is 0 Å². The third kappa shape index (κ3) is 5.84. The maximum absolute atomic E-state index is 12.0. The predicted octanol–water partition coefficient (Wildman–Crippen LogP) is -0.724. The Morgan fingerprint density at radius 2 is 2.00 bits per heavy atom. The molecular weight excluding hydrogens is 278 g/mol. The number of nitrogens with one attached hydrogen (secondary N) is 2. The highest BCUT2D eigenvalue weighted by molar-refractivity contribution is 7.88. The SMILES string of the molecule is CS(=O)(=O)NCCNC(=O)c1ccccc1C#CCN. The van der Waals surface area contributed by atoms with Gasteiger partial charge in [0.25, 0.3) is 5.91 Å². The molecule has 0 atom stereocenters. The van der Waals surface area contributed by atoms with Crippen LogP contribution < -0.4 is 15.8 Å². The van der Waals surface area contributed by atoms with Gasteiger partial charge in [0.2, 0.25) is 10.0 Å². The fraction of sp³-hybridized carbons (Fsp3) is 0.308. The van der Waals surface area contributed by atoms with Crippen molar-refractivity contribution in [2.45, 2.75) is 0 Å². The van der Waals surface area contributed by atoms with Crippen molar-refractivity contribution in [3.63, 3.8) is 0 Å². The van der Waals surface area contributed by atoms with Gasteiger partial charge in [-0.1, -0.05) is 24.0 Å². The molecule has 0 unspecified atom stereocenters. The zero-order chi connectivity index (χ0) is 15.0. The molecule has 4 N–H and O–H groups in total. The Bertz CT molecular complexity index is 630. The summed E-state index contributed by atoms with van der Waals surface area (Å²) in [5.41, 5.74) is 6.33. The normalized spacial score (nSPS) is 10.5. The standard InChI is InChI=1S/C13H17N3O3S/c1-20(18,19)16-10-9-15-13(17)12-7-3-2-5-11(12)6-4-8-14/h2-3,5,7,16H,8-10,14H2,1H3,(H,15,17). The number of benzene rings is 1. The van der Waals surface area contributed by atoms with Gasteiger partial charge in [0.1, 0.15) is 0 Å². The van der Waals surface area contributed by atoms with Crippen LogP contribution in [0.2, 0.25) is 0 Å². The maximum atomic E-state index is 12.0. The van der Waals surface area contributed by atoms with Crippen LogP contribution in [0, 0.1) is 11.8 Å². The first kappa shape index (κ1) is 16.2. The fourth-order valence-electron chi connectivity index (χ4n) is 1.44. The van der Waals surface area contributed by atoms with E-state index in [1.165, 1.54) is 0 Å². The molecule has 0 spiro atoms. The van der Waals surface area contributed by atoms with E-state index in [9.17, 15) is 13.2 Å². The van der Waals surface area contributed by atoms with Crippen molar-refractivity contribution in [3.05, 3.63) is 35.4 Å². The van der Waals surface area contributed by atoms with Crippen LogP contribution in [0.25, 0.3) is 0 Å². The molecule has 0 radical (unpaired) electrons. The summed E-state index contributed by atoms with van der Waals surface area (Å²) >= 11 is 0. The van der Waals surface area contributed by atoms with Gasteiger partial charge in [-0.25, -0.2) is 13.1 Å². The van der Waals surface area contributed by atoms with Gasteiger partial charge >= 0.3 is 0 Å². The van der Waals surface area contributed by atoms with Crippen LogP contribution >= 0.6 is 0 Å². The summed E-state index contributed by atoms with van der Waals surface area (Å²) in [4.78, 5) is 12.0. The van der Waals surface area contributed by atoms with E-state index in [-0.39, 0.29) is 25.5 Å². The molecule has 1 rings (SSSR count). The van der Waals surface area contributed by atoms with Crippen LogP contribution in [-0.4, -0.2) is 40.2 Å². The molecule has 0 saturated carbocycles. The van der Waals surface area contributed by atoms with Crippen LogP contribution in [0.15, 0.2) is 24.3 Å². The van der Waals surface area contributed by atoms with Crippen molar-refractivity contribution in [1.82, 2.24) is 10.0 Å². The minimum Gasteiger partial charge on any atom is -0.351 e. The van der Waals surface area contributed by atoms with Crippen LogP contribution in [-0.2, 0) is 10.0 Å². The summed E-state index contributed by atoms with van der Waals surface area (Å²) in [7, 11) is -3.24. The quantitative estimate of drug-likeness (QED) is 0.492. The molecule has 0 aliphatic heterocycles. The third-order valence-corrected chi connectivity index (χ3v) is 3.00. The van der Waals surface area contributed by atoms with E-state index in [1.54, 1.807) is 24.3 Å². The molecule has 1 aromatic carbocycles. The van der Waals surface area contributed by atoms with E-state index in [0.29, 0.717) is 11.1 Å². The summed E-state index contributed by atoms with van der Waals surface area (Å²) in [5, 5.41) is 2.62. The van der Waals surface area contributed by atoms with Crippen LogP contribution in [0.4, 0.5) is 0 Å². The molecule has 0 bridgehead atoms. The number of sulfonamides is 1. The van der Waals surface area contributed by atoms with Crippen LogP contribution in [0.5, 0.6) is 0 Å². The average Bonchev–Trinajstić information content (AvgIpc) is 2.40. The number of hydrogen-bond acceptors (Lipinski definition) is 4. The number of hydrogen-bond donors (Lipinski definition) is 3. The third-order valence-electron chi connectivity index (χ3n) is 2.27. The summed E-state index contributed by atoms with van der Waals surface area (Å²) in [5.74, 6) is 5.21. The van der Waals surface area contributed by atoms with Gasteiger partial charge in [-0.05, 0) is 12.1 Å². The Hall–Kier alpha value is -1.88. The molecule has 0 aliphatic rings. The number of nitrogens with two attached hydrogens (primary N) is 1. The van der Waals surface area contributed by atoms with Crippen molar-refractivity contribution >= 4 is 15.9 Å². The molecule has 20 heavy (non-hydrogen) atoms. The van der Waals surface area contributed by atoms with Gasteiger partial charge in [0.15, 0.2) is 0 Å². The van der Waals surface area contributed by atoms with Gasteiger partial charge in [-0.15, -0.1) is 0 Å². The lowest BCUT2D eigenvalue weighted by Crippen LogP contribution is -2.34. The summed E-state index contributed by atoms with van der Waals surface area (Å²) < 4.78 is 24.0. The summed E-state index contributed by atoms with van der Waals surface area (Å²) in [6.45, 7) is 0.556. The zero-order valence-electron chi connectivity index (χ0n) is 11.1. The van der Waals surface area contributed by atoms with E-state index < -0.39 is 10.0 Å². The second kappa shape index (κ2) is 7.65. The molecule has 0 aliphatic carbocycles. The summed E-state index contributed by atoms with van der Waals surface area (Å²) in [6, 6.07) is 6.89. The number of carbonyl (C=O) groups is 1. The monoisotopic (exact) mass is 295 g/mol. The molecule has 1 amide bonds. The van der Waals surface area contributed by atoms with Gasteiger partial charge in [-0.3, -0.25) is 4.79 Å². The zero-order valence-corrected chi connectivity index (χ0v) is 12.0. The lowest BCUT2D eigenvalue weighted by atomic mass is 10.1. The van der Waals surface area contributed by atoms with Crippen molar-refractivity contribution < 1.29 is 13.2 Å². The van der Waals surface area contributed by atoms with Crippen molar-refractivity contribution in [3.8, 4) is 11.8 Å². The number of carbonyl (C=O) groups excluding carboxylic acids is 1. The minimum absolute atomic E-state index is 0.140. The molecule has 0 heterocycles. The lowest BCUT2D eigenvalue weighted by Gasteiger charge is -2.07. The largest absolute Gasteiger partial charge is 0.351 e. The molecule has 108 valence electrons. The number of rotatable bonds is 5. The first-order valence-corrected chi connectivity index (χ1v) is 7.84. The molecule has 7 heteroatoms. The van der Waals surface area contributed by atoms with E-state index >= 15 is 0 Å². The molecular formula is C13H17N3O3S.